The van der Waals surface area contributed by atoms with E-state index in [4.69, 9.17) is 4.42 Å². The molecule has 1 heterocycles. The van der Waals surface area contributed by atoms with Gasteiger partial charge in [-0.3, -0.25) is 4.99 Å². The first-order valence-corrected chi connectivity index (χ1v) is 8.26. The van der Waals surface area contributed by atoms with E-state index in [0.29, 0.717) is 19.1 Å². The molecule has 0 saturated carbocycles. The van der Waals surface area contributed by atoms with Gasteiger partial charge in [0.1, 0.15) is 5.76 Å². The molecule has 3 N–H and O–H groups in total. The number of guanidine groups is 1. The molecule has 132 valence electrons. The Kier molecular flexibility index (Phi) is 8.12. The van der Waals surface area contributed by atoms with Crippen molar-refractivity contribution < 1.29 is 9.52 Å². The maximum absolute atomic E-state index is 10.4. The van der Waals surface area contributed by atoms with Crippen LogP contribution in [-0.4, -0.2) is 61.3 Å². The average molecular weight is 324 g/mol. The quantitative estimate of drug-likeness (QED) is 0.474. The largest absolute Gasteiger partial charge is 0.469 e. The lowest BCUT2D eigenvalue weighted by atomic mass is 10.1. The van der Waals surface area contributed by atoms with Crippen molar-refractivity contribution in [2.24, 2.45) is 4.99 Å². The van der Waals surface area contributed by atoms with Gasteiger partial charge in [-0.25, -0.2) is 0 Å². The highest BCUT2D eigenvalue weighted by molar-refractivity contribution is 5.80. The van der Waals surface area contributed by atoms with Crippen LogP contribution in [0.1, 0.15) is 33.0 Å². The van der Waals surface area contributed by atoms with Crippen LogP contribution >= 0.6 is 0 Å². The van der Waals surface area contributed by atoms with Crippen LogP contribution in [0, 0.1) is 0 Å². The first-order chi connectivity index (χ1) is 10.8. The molecule has 0 aliphatic heterocycles. The monoisotopic (exact) mass is 324 g/mol. The van der Waals surface area contributed by atoms with E-state index < -0.39 is 5.60 Å². The minimum Gasteiger partial charge on any atom is -0.469 e. The van der Waals surface area contributed by atoms with Crippen LogP contribution in [0.2, 0.25) is 0 Å². The Balaban J connectivity index is 2.57. The van der Waals surface area contributed by atoms with Crippen molar-refractivity contribution in [3.05, 3.63) is 24.2 Å². The highest BCUT2D eigenvalue weighted by atomic mass is 16.3. The Morgan fingerprint density at radius 2 is 2.22 bits per heavy atom. The fourth-order valence-corrected chi connectivity index (χ4v) is 2.23. The van der Waals surface area contributed by atoms with Crippen molar-refractivity contribution in [2.75, 3.05) is 33.7 Å². The zero-order valence-electron chi connectivity index (χ0n) is 15.1. The van der Waals surface area contributed by atoms with Gasteiger partial charge in [0.15, 0.2) is 5.96 Å². The molecule has 2 unspecified atom stereocenters. The minimum atomic E-state index is -0.853. The second kappa shape index (κ2) is 9.57. The Labute approximate surface area is 140 Å². The van der Waals surface area contributed by atoms with Crippen molar-refractivity contribution in [1.29, 1.82) is 0 Å². The summed E-state index contributed by atoms with van der Waals surface area (Å²) in [7, 11) is 3.89. The average Bonchev–Trinajstić information content (AvgIpc) is 2.96. The standard InChI is InChI=1S/C17H32N4O2/c1-6-14(2)20-16(18-10-9-15-8-7-11-23-15)19-12-17(3,22)13-21(4)5/h7-8,11,14,22H,6,9-10,12-13H2,1-5H3,(H2,18,19,20). The summed E-state index contributed by atoms with van der Waals surface area (Å²) in [5.41, 5.74) is -0.853. The van der Waals surface area contributed by atoms with Gasteiger partial charge >= 0.3 is 0 Å². The number of nitrogens with one attached hydrogen (secondary N) is 2. The summed E-state index contributed by atoms with van der Waals surface area (Å²) < 4.78 is 5.33. The molecule has 0 fully saturated rings. The summed E-state index contributed by atoms with van der Waals surface area (Å²) in [6.45, 7) is 7.69. The molecule has 0 saturated heterocycles. The number of hydrogen-bond acceptors (Lipinski definition) is 4. The lowest BCUT2D eigenvalue weighted by Gasteiger charge is -2.26. The van der Waals surface area contributed by atoms with E-state index in [1.165, 1.54) is 0 Å². The zero-order valence-corrected chi connectivity index (χ0v) is 15.1. The van der Waals surface area contributed by atoms with Gasteiger partial charge in [-0.15, -0.1) is 0 Å². The van der Waals surface area contributed by atoms with E-state index in [2.05, 4.69) is 29.5 Å². The highest BCUT2D eigenvalue weighted by Crippen LogP contribution is 2.05. The third-order valence-corrected chi connectivity index (χ3v) is 3.47. The molecule has 6 nitrogen and oxygen atoms in total. The van der Waals surface area contributed by atoms with Gasteiger partial charge < -0.3 is 25.1 Å². The molecule has 0 amide bonds. The molecule has 0 radical (unpaired) electrons. The molecule has 0 aliphatic rings. The summed E-state index contributed by atoms with van der Waals surface area (Å²) in [6.07, 6.45) is 3.48. The molecule has 0 spiro atoms. The maximum atomic E-state index is 10.4. The molecule has 23 heavy (non-hydrogen) atoms. The van der Waals surface area contributed by atoms with Crippen molar-refractivity contribution in [3.63, 3.8) is 0 Å². The van der Waals surface area contributed by atoms with Crippen LogP contribution in [-0.2, 0) is 6.42 Å². The summed E-state index contributed by atoms with van der Waals surface area (Å²) >= 11 is 0. The smallest absolute Gasteiger partial charge is 0.191 e. The third-order valence-electron chi connectivity index (χ3n) is 3.47. The van der Waals surface area contributed by atoms with Gasteiger partial charge in [0.05, 0.1) is 18.4 Å². The van der Waals surface area contributed by atoms with Crippen LogP contribution in [0.25, 0.3) is 0 Å². The van der Waals surface area contributed by atoms with Gasteiger partial charge in [-0.05, 0) is 46.5 Å². The Hall–Kier alpha value is -1.53. The second-order valence-electron chi connectivity index (χ2n) is 6.61. The number of hydrogen-bond donors (Lipinski definition) is 3. The molecule has 0 aromatic carbocycles. The zero-order chi connectivity index (χ0) is 17.3. The highest BCUT2D eigenvalue weighted by Gasteiger charge is 2.21. The number of likely N-dealkylation sites (N-methyl/N-ethyl adjacent to an activating group) is 1. The number of rotatable bonds is 9. The molecule has 2 atom stereocenters. The number of aliphatic imine (C=N–C) groups is 1. The normalized spacial score (nSPS) is 16.2. The lowest BCUT2D eigenvalue weighted by molar-refractivity contribution is 0.0423. The molecule has 1 rings (SSSR count). The second-order valence-corrected chi connectivity index (χ2v) is 6.61. The lowest BCUT2D eigenvalue weighted by Crippen LogP contribution is -2.45. The van der Waals surface area contributed by atoms with Crippen molar-refractivity contribution >= 4 is 5.96 Å². The van der Waals surface area contributed by atoms with E-state index in [1.54, 1.807) is 13.2 Å². The number of furan rings is 1. The topological polar surface area (TPSA) is 73.0 Å². The summed E-state index contributed by atoms with van der Waals surface area (Å²) in [5, 5.41) is 17.0. The van der Waals surface area contributed by atoms with Crippen molar-refractivity contribution in [1.82, 2.24) is 15.5 Å². The van der Waals surface area contributed by atoms with Crippen molar-refractivity contribution in [3.8, 4) is 0 Å². The SMILES string of the molecule is CCC(C)NC(=NCC(C)(O)CN(C)C)NCCc1ccco1. The van der Waals surface area contributed by atoms with E-state index >= 15 is 0 Å². The fourth-order valence-electron chi connectivity index (χ4n) is 2.23. The van der Waals surface area contributed by atoms with E-state index in [1.807, 2.05) is 31.1 Å². The number of aliphatic hydroxyl groups is 1. The molecule has 6 heteroatoms. The molecule has 0 aliphatic carbocycles. The van der Waals surface area contributed by atoms with Crippen LogP contribution < -0.4 is 10.6 Å². The predicted molar refractivity (Wildman–Crippen MR) is 94.8 cm³/mol. The minimum absolute atomic E-state index is 0.323. The first kappa shape index (κ1) is 19.5. The molecule has 1 aromatic heterocycles. The van der Waals surface area contributed by atoms with Gasteiger partial charge in [0.2, 0.25) is 0 Å². The van der Waals surface area contributed by atoms with Gasteiger partial charge in [0.25, 0.3) is 0 Å². The van der Waals surface area contributed by atoms with Gasteiger partial charge in [-0.1, -0.05) is 6.92 Å². The van der Waals surface area contributed by atoms with Crippen LogP contribution in [0.3, 0.4) is 0 Å². The maximum Gasteiger partial charge on any atom is 0.191 e. The van der Waals surface area contributed by atoms with Gasteiger partial charge in [-0.2, -0.15) is 0 Å². The van der Waals surface area contributed by atoms with Gasteiger partial charge in [0, 0.05) is 25.6 Å². The van der Waals surface area contributed by atoms with Crippen LogP contribution in [0.5, 0.6) is 0 Å². The van der Waals surface area contributed by atoms with Crippen molar-refractivity contribution in [2.45, 2.75) is 45.3 Å². The Morgan fingerprint density at radius 3 is 2.78 bits per heavy atom. The summed E-state index contributed by atoms with van der Waals surface area (Å²) in [5.74, 6) is 1.67. The molecule has 1 aromatic rings. The summed E-state index contributed by atoms with van der Waals surface area (Å²) in [4.78, 5) is 6.50. The third kappa shape index (κ3) is 8.62. The molecular weight excluding hydrogens is 292 g/mol. The molecule has 0 bridgehead atoms. The van der Waals surface area contributed by atoms with E-state index in [9.17, 15) is 5.11 Å². The predicted octanol–water partition coefficient (Wildman–Crippen LogP) is 1.47. The molecular formula is C17H32N4O2. The first-order valence-electron chi connectivity index (χ1n) is 8.26. The summed E-state index contributed by atoms with van der Waals surface area (Å²) in [6, 6.07) is 4.17. The van der Waals surface area contributed by atoms with Crippen LogP contribution in [0.15, 0.2) is 27.8 Å². The van der Waals surface area contributed by atoms with Crippen LogP contribution in [0.4, 0.5) is 0 Å². The Morgan fingerprint density at radius 1 is 1.48 bits per heavy atom. The number of nitrogens with zero attached hydrogens (tertiary/aromatic N) is 2. The Bertz CT molecular complexity index is 455. The fraction of sp³-hybridized carbons (Fsp3) is 0.706. The van der Waals surface area contributed by atoms with E-state index in [0.717, 1.165) is 31.1 Å². The van der Waals surface area contributed by atoms with E-state index in [-0.39, 0.29) is 0 Å².